The van der Waals surface area contributed by atoms with Crippen LogP contribution in [-0.4, -0.2) is 30.8 Å². The first-order valence-corrected chi connectivity index (χ1v) is 7.03. The van der Waals surface area contributed by atoms with Crippen molar-refractivity contribution in [1.82, 2.24) is 5.32 Å². The minimum absolute atomic E-state index is 0.259. The van der Waals surface area contributed by atoms with E-state index in [1.165, 1.54) is 24.1 Å². The molecule has 3 heteroatoms. The lowest BCUT2D eigenvalue weighted by atomic mass is 10.0. The van der Waals surface area contributed by atoms with Gasteiger partial charge in [0.1, 0.15) is 0 Å². The quantitative estimate of drug-likeness (QED) is 0.838. The summed E-state index contributed by atoms with van der Waals surface area (Å²) >= 11 is 0. The molecule has 1 fully saturated rings. The lowest BCUT2D eigenvalue weighted by Crippen LogP contribution is -2.42. The molecule has 1 atom stereocenters. The maximum Gasteiger partial charge on any atom is 0.0635 e. The molecule has 0 amide bonds. The van der Waals surface area contributed by atoms with Crippen LogP contribution in [0.3, 0.4) is 0 Å². The van der Waals surface area contributed by atoms with Crippen molar-refractivity contribution < 1.29 is 5.11 Å². The third kappa shape index (κ3) is 3.03. The van der Waals surface area contributed by atoms with Gasteiger partial charge in [0, 0.05) is 18.8 Å². The van der Waals surface area contributed by atoms with Gasteiger partial charge in [-0.05, 0) is 37.4 Å². The third-order valence-corrected chi connectivity index (χ3v) is 3.70. The Kier molecular flexibility index (Phi) is 5.02. The van der Waals surface area contributed by atoms with Crippen molar-refractivity contribution in [2.45, 2.75) is 38.8 Å². The van der Waals surface area contributed by atoms with Crippen LogP contribution in [0.5, 0.6) is 0 Å². The van der Waals surface area contributed by atoms with E-state index in [2.05, 4.69) is 41.4 Å². The summed E-state index contributed by atoms with van der Waals surface area (Å²) < 4.78 is 0. The number of nitrogens with zero attached hydrogens (tertiary/aromatic N) is 1. The highest BCUT2D eigenvalue weighted by Crippen LogP contribution is 2.27. The lowest BCUT2D eigenvalue weighted by Gasteiger charge is -2.37. The van der Waals surface area contributed by atoms with E-state index < -0.39 is 0 Å². The zero-order chi connectivity index (χ0) is 12.8. The fourth-order valence-electron chi connectivity index (χ4n) is 2.71. The highest BCUT2D eigenvalue weighted by Gasteiger charge is 2.23. The molecule has 1 aromatic rings. The van der Waals surface area contributed by atoms with Gasteiger partial charge in [-0.15, -0.1) is 0 Å². The molecule has 2 N–H and O–H groups in total. The van der Waals surface area contributed by atoms with Gasteiger partial charge in [0.25, 0.3) is 0 Å². The Labute approximate surface area is 110 Å². The lowest BCUT2D eigenvalue weighted by molar-refractivity contribution is 0.240. The van der Waals surface area contributed by atoms with E-state index in [4.69, 9.17) is 0 Å². The standard InChI is InChI=1S/C15H24N2O/c1-2-16-11-13-7-3-4-9-15(13)17-10-6-5-8-14(17)12-18/h3-4,7,9,14,16,18H,2,5-6,8,10-12H2,1H3. The van der Waals surface area contributed by atoms with Crippen LogP contribution in [0.2, 0.25) is 0 Å². The second kappa shape index (κ2) is 6.76. The number of rotatable bonds is 5. The van der Waals surface area contributed by atoms with E-state index >= 15 is 0 Å². The van der Waals surface area contributed by atoms with E-state index in [9.17, 15) is 5.11 Å². The molecule has 0 aliphatic carbocycles. The smallest absolute Gasteiger partial charge is 0.0635 e. The molecule has 0 spiro atoms. The number of piperidine rings is 1. The van der Waals surface area contributed by atoms with Crippen molar-refractivity contribution in [1.29, 1.82) is 0 Å². The molecule has 1 aliphatic rings. The maximum absolute atomic E-state index is 9.53. The molecule has 0 aromatic heterocycles. The van der Waals surface area contributed by atoms with E-state index in [0.29, 0.717) is 6.04 Å². The molecule has 1 heterocycles. The molecule has 18 heavy (non-hydrogen) atoms. The molecular formula is C15H24N2O. The first-order valence-electron chi connectivity index (χ1n) is 7.03. The van der Waals surface area contributed by atoms with Crippen molar-refractivity contribution in [2.75, 3.05) is 24.6 Å². The van der Waals surface area contributed by atoms with Crippen molar-refractivity contribution in [3.8, 4) is 0 Å². The zero-order valence-electron chi connectivity index (χ0n) is 11.2. The Morgan fingerprint density at radius 3 is 2.94 bits per heavy atom. The minimum Gasteiger partial charge on any atom is -0.394 e. The normalized spacial score (nSPS) is 20.1. The van der Waals surface area contributed by atoms with E-state index in [-0.39, 0.29) is 6.61 Å². The Hall–Kier alpha value is -1.06. The fraction of sp³-hybridized carbons (Fsp3) is 0.600. The number of anilines is 1. The largest absolute Gasteiger partial charge is 0.394 e. The van der Waals surface area contributed by atoms with Gasteiger partial charge in [-0.2, -0.15) is 0 Å². The summed E-state index contributed by atoms with van der Waals surface area (Å²) in [5, 5.41) is 12.9. The van der Waals surface area contributed by atoms with Crippen molar-refractivity contribution in [2.24, 2.45) is 0 Å². The second-order valence-electron chi connectivity index (χ2n) is 4.93. The number of hydrogen-bond acceptors (Lipinski definition) is 3. The predicted molar refractivity (Wildman–Crippen MR) is 75.9 cm³/mol. The van der Waals surface area contributed by atoms with Gasteiger partial charge in [-0.25, -0.2) is 0 Å². The Morgan fingerprint density at radius 2 is 2.17 bits per heavy atom. The van der Waals surface area contributed by atoms with Crippen molar-refractivity contribution in [3.05, 3.63) is 29.8 Å². The maximum atomic E-state index is 9.53. The molecule has 1 saturated heterocycles. The summed E-state index contributed by atoms with van der Waals surface area (Å²) in [6.07, 6.45) is 3.56. The number of hydrogen-bond donors (Lipinski definition) is 2. The second-order valence-corrected chi connectivity index (χ2v) is 4.93. The first-order chi connectivity index (χ1) is 8.86. The van der Waals surface area contributed by atoms with Crippen LogP contribution in [0.15, 0.2) is 24.3 Å². The Morgan fingerprint density at radius 1 is 1.33 bits per heavy atom. The fourth-order valence-corrected chi connectivity index (χ4v) is 2.71. The first kappa shape index (κ1) is 13.4. The van der Waals surface area contributed by atoms with Crippen LogP contribution in [0.1, 0.15) is 31.7 Å². The van der Waals surface area contributed by atoms with Gasteiger partial charge >= 0.3 is 0 Å². The van der Waals surface area contributed by atoms with Crippen molar-refractivity contribution in [3.63, 3.8) is 0 Å². The summed E-state index contributed by atoms with van der Waals surface area (Å²) in [4.78, 5) is 2.39. The Balaban J connectivity index is 2.19. The molecule has 2 rings (SSSR count). The molecule has 1 aromatic carbocycles. The summed E-state index contributed by atoms with van der Waals surface area (Å²) in [5.74, 6) is 0. The summed E-state index contributed by atoms with van der Waals surface area (Å²) in [6, 6.07) is 8.84. The number of aliphatic hydroxyl groups excluding tert-OH is 1. The SMILES string of the molecule is CCNCc1ccccc1N1CCCCC1CO. The molecule has 0 radical (unpaired) electrons. The van der Waals surface area contributed by atoms with Crippen LogP contribution in [0, 0.1) is 0 Å². The van der Waals surface area contributed by atoms with Gasteiger partial charge in [-0.3, -0.25) is 0 Å². The molecule has 1 unspecified atom stereocenters. The molecule has 0 bridgehead atoms. The number of para-hydroxylation sites is 1. The average Bonchev–Trinajstić information content (AvgIpc) is 2.45. The molecule has 0 saturated carbocycles. The summed E-state index contributed by atoms with van der Waals surface area (Å²) in [6.45, 7) is 5.34. The van der Waals surface area contributed by atoms with Crippen LogP contribution >= 0.6 is 0 Å². The van der Waals surface area contributed by atoms with Crippen LogP contribution in [0.25, 0.3) is 0 Å². The zero-order valence-corrected chi connectivity index (χ0v) is 11.2. The van der Waals surface area contributed by atoms with Gasteiger partial charge in [0.15, 0.2) is 0 Å². The number of nitrogens with one attached hydrogen (secondary N) is 1. The molecule has 100 valence electrons. The number of benzene rings is 1. The van der Waals surface area contributed by atoms with Gasteiger partial charge < -0.3 is 15.3 Å². The highest BCUT2D eigenvalue weighted by atomic mass is 16.3. The molecule has 3 nitrogen and oxygen atoms in total. The highest BCUT2D eigenvalue weighted by molar-refractivity contribution is 5.54. The van der Waals surface area contributed by atoms with E-state index in [1.807, 2.05) is 0 Å². The monoisotopic (exact) mass is 248 g/mol. The third-order valence-electron chi connectivity index (χ3n) is 3.70. The van der Waals surface area contributed by atoms with Crippen molar-refractivity contribution >= 4 is 5.69 Å². The van der Waals surface area contributed by atoms with E-state index in [1.54, 1.807) is 0 Å². The van der Waals surface area contributed by atoms with Crippen LogP contribution < -0.4 is 10.2 Å². The van der Waals surface area contributed by atoms with Crippen LogP contribution in [0.4, 0.5) is 5.69 Å². The van der Waals surface area contributed by atoms with Crippen LogP contribution in [-0.2, 0) is 6.54 Å². The average molecular weight is 248 g/mol. The van der Waals surface area contributed by atoms with Gasteiger partial charge in [0.2, 0.25) is 0 Å². The topological polar surface area (TPSA) is 35.5 Å². The van der Waals surface area contributed by atoms with Gasteiger partial charge in [0.05, 0.1) is 12.6 Å². The number of aliphatic hydroxyl groups is 1. The molecular weight excluding hydrogens is 224 g/mol. The predicted octanol–water partition coefficient (Wildman–Crippen LogP) is 2.15. The van der Waals surface area contributed by atoms with Gasteiger partial charge in [-0.1, -0.05) is 25.1 Å². The molecule has 1 aliphatic heterocycles. The Bertz CT molecular complexity index is 367. The minimum atomic E-state index is 0.259. The summed E-state index contributed by atoms with van der Waals surface area (Å²) in [5.41, 5.74) is 2.62. The summed E-state index contributed by atoms with van der Waals surface area (Å²) in [7, 11) is 0. The van der Waals surface area contributed by atoms with E-state index in [0.717, 1.165) is 26.1 Å².